The van der Waals surface area contributed by atoms with Crippen molar-refractivity contribution in [2.45, 2.75) is 18.7 Å². The predicted molar refractivity (Wildman–Crippen MR) is 159 cm³/mol. The number of hydrogen-bond donors (Lipinski definition) is 1. The summed E-state index contributed by atoms with van der Waals surface area (Å²) in [5.74, 6) is 0.233. The number of thiazole rings is 1. The van der Waals surface area contributed by atoms with Crippen LogP contribution in [0.25, 0.3) is 31.8 Å². The summed E-state index contributed by atoms with van der Waals surface area (Å²) >= 11 is 1.42. The van der Waals surface area contributed by atoms with E-state index < -0.39 is 15.8 Å². The molecule has 218 valence electrons. The molecule has 42 heavy (non-hydrogen) atoms. The first-order chi connectivity index (χ1) is 20.1. The number of fused-ring (bicyclic) bond motifs is 2. The van der Waals surface area contributed by atoms with E-state index in [0.29, 0.717) is 45.4 Å². The number of carbonyl (C=O) groups is 1. The molecule has 0 spiro atoms. The van der Waals surface area contributed by atoms with Gasteiger partial charge in [0.05, 0.1) is 38.9 Å². The van der Waals surface area contributed by atoms with E-state index in [9.17, 15) is 17.6 Å². The molecule has 2 heterocycles. The lowest BCUT2D eigenvalue weighted by Gasteiger charge is -2.12. The second-order valence-corrected chi connectivity index (χ2v) is 12.3. The van der Waals surface area contributed by atoms with Crippen LogP contribution in [0.3, 0.4) is 0 Å². The highest BCUT2D eigenvalue weighted by Gasteiger charge is 2.19. The van der Waals surface area contributed by atoms with E-state index in [1.165, 1.54) is 28.4 Å². The van der Waals surface area contributed by atoms with Gasteiger partial charge >= 0.3 is 0 Å². The SMILES string of the molecule is CCOc1cnc2c(-c3nc4c(C)cc(OCCNS(=O)(=O)c5ccc(F)cc5)cc4s3)cc(C(=O)N(C)C)cc2n1. The van der Waals surface area contributed by atoms with E-state index in [1.807, 2.05) is 26.0 Å². The third-order valence-electron chi connectivity index (χ3n) is 6.25. The molecule has 0 fully saturated rings. The number of nitrogens with one attached hydrogen (secondary N) is 1. The van der Waals surface area contributed by atoms with Crippen molar-refractivity contribution in [2.75, 3.05) is 33.9 Å². The molecular weight excluding hydrogens is 581 g/mol. The molecule has 0 aliphatic heterocycles. The lowest BCUT2D eigenvalue weighted by atomic mass is 10.1. The molecule has 13 heteroatoms. The molecule has 0 aliphatic rings. The van der Waals surface area contributed by atoms with E-state index >= 15 is 0 Å². The third kappa shape index (κ3) is 6.17. The van der Waals surface area contributed by atoms with Crippen molar-refractivity contribution < 1.29 is 27.1 Å². The molecule has 0 atom stereocenters. The van der Waals surface area contributed by atoms with Gasteiger partial charge in [-0.15, -0.1) is 11.3 Å². The Bertz CT molecular complexity index is 1890. The minimum Gasteiger partial charge on any atom is -0.492 e. The number of benzene rings is 3. The monoisotopic (exact) mass is 609 g/mol. The number of ether oxygens (including phenoxy) is 2. The topological polar surface area (TPSA) is 124 Å². The highest BCUT2D eigenvalue weighted by Crippen LogP contribution is 2.37. The summed E-state index contributed by atoms with van der Waals surface area (Å²) in [7, 11) is -0.421. The fraction of sp³-hybridized carbons (Fsp3) is 0.241. The Morgan fingerprint density at radius 1 is 1.05 bits per heavy atom. The molecule has 0 unspecified atom stereocenters. The van der Waals surface area contributed by atoms with Crippen molar-refractivity contribution in [1.29, 1.82) is 0 Å². The quantitative estimate of drug-likeness (QED) is 0.224. The smallest absolute Gasteiger partial charge is 0.253 e. The standard InChI is InChI=1S/C29H28FN5O5S2/c1-5-39-25-16-31-27-22(13-18(14-23(27)33-25)29(36)35(3)4)28-34-26-17(2)12-20(15-24(26)41-28)40-11-10-32-42(37,38)21-8-6-19(30)7-9-21/h6-9,12-16,32H,5,10-11H2,1-4H3. The lowest BCUT2D eigenvalue weighted by Crippen LogP contribution is -2.28. The van der Waals surface area contributed by atoms with E-state index in [1.54, 1.807) is 32.4 Å². The highest BCUT2D eigenvalue weighted by molar-refractivity contribution is 7.89. The van der Waals surface area contributed by atoms with Crippen LogP contribution in [0.5, 0.6) is 11.6 Å². The van der Waals surface area contributed by atoms with Crippen molar-refractivity contribution in [2.24, 2.45) is 0 Å². The number of amides is 1. The van der Waals surface area contributed by atoms with Gasteiger partial charge < -0.3 is 14.4 Å². The minimum atomic E-state index is -3.79. The predicted octanol–water partition coefficient (Wildman–Crippen LogP) is 4.81. The fourth-order valence-electron chi connectivity index (χ4n) is 4.27. The maximum absolute atomic E-state index is 13.1. The van der Waals surface area contributed by atoms with Gasteiger partial charge in [-0.1, -0.05) is 0 Å². The average Bonchev–Trinajstić information content (AvgIpc) is 3.39. The van der Waals surface area contributed by atoms with Gasteiger partial charge in [-0.25, -0.2) is 32.5 Å². The Morgan fingerprint density at radius 3 is 2.52 bits per heavy atom. The third-order valence-corrected chi connectivity index (χ3v) is 8.76. The van der Waals surface area contributed by atoms with Crippen molar-refractivity contribution in [3.63, 3.8) is 0 Å². The van der Waals surface area contributed by atoms with Crippen LogP contribution in [0.1, 0.15) is 22.8 Å². The lowest BCUT2D eigenvalue weighted by molar-refractivity contribution is 0.0827. The molecule has 0 radical (unpaired) electrons. The van der Waals surface area contributed by atoms with Gasteiger partial charge in [0.15, 0.2) is 0 Å². The first kappa shape index (κ1) is 29.3. The summed E-state index contributed by atoms with van der Waals surface area (Å²) in [5, 5.41) is 0.661. The van der Waals surface area contributed by atoms with Gasteiger partial charge in [0.1, 0.15) is 23.2 Å². The molecule has 10 nitrogen and oxygen atoms in total. The molecular formula is C29H28FN5O5S2. The zero-order valence-corrected chi connectivity index (χ0v) is 25.0. The summed E-state index contributed by atoms with van der Waals surface area (Å²) in [6.07, 6.45) is 1.55. The van der Waals surface area contributed by atoms with Gasteiger partial charge in [0.2, 0.25) is 15.9 Å². The fourth-order valence-corrected chi connectivity index (χ4v) is 6.38. The number of nitrogens with zero attached hydrogens (tertiary/aromatic N) is 4. The summed E-state index contributed by atoms with van der Waals surface area (Å²) in [5.41, 5.74) is 3.88. The molecule has 0 saturated heterocycles. The number of rotatable bonds is 10. The molecule has 5 rings (SSSR count). The van der Waals surface area contributed by atoms with Crippen molar-refractivity contribution in [3.8, 4) is 22.2 Å². The Morgan fingerprint density at radius 2 is 1.81 bits per heavy atom. The van der Waals surface area contributed by atoms with Crippen molar-refractivity contribution in [1.82, 2.24) is 24.6 Å². The van der Waals surface area contributed by atoms with Gasteiger partial charge in [0.25, 0.3) is 5.91 Å². The number of hydrogen-bond acceptors (Lipinski definition) is 9. The van der Waals surface area contributed by atoms with Crippen LogP contribution in [-0.4, -0.2) is 68.0 Å². The molecule has 0 saturated carbocycles. The van der Waals surface area contributed by atoms with Gasteiger partial charge in [-0.05, 0) is 67.9 Å². The summed E-state index contributed by atoms with van der Waals surface area (Å²) in [4.78, 5) is 28.4. The molecule has 5 aromatic rings. The Balaban J connectivity index is 1.41. The molecule has 2 aromatic heterocycles. The van der Waals surface area contributed by atoms with E-state index in [4.69, 9.17) is 14.5 Å². The zero-order chi connectivity index (χ0) is 30.0. The first-order valence-electron chi connectivity index (χ1n) is 13.0. The normalized spacial score (nSPS) is 11.6. The average molecular weight is 610 g/mol. The number of halogens is 1. The number of aromatic nitrogens is 3. The molecule has 0 bridgehead atoms. The number of sulfonamides is 1. The van der Waals surface area contributed by atoms with Gasteiger partial charge in [0, 0.05) is 31.8 Å². The number of carbonyl (C=O) groups excluding carboxylic acids is 1. The Kier molecular flexibility index (Phi) is 8.34. The van der Waals surface area contributed by atoms with Crippen LogP contribution in [0, 0.1) is 12.7 Å². The summed E-state index contributed by atoms with van der Waals surface area (Å²) < 4.78 is 52.7. The van der Waals surface area contributed by atoms with Crippen LogP contribution >= 0.6 is 11.3 Å². The van der Waals surface area contributed by atoms with Crippen LogP contribution in [0.4, 0.5) is 4.39 Å². The van der Waals surface area contributed by atoms with Crippen LogP contribution in [-0.2, 0) is 10.0 Å². The van der Waals surface area contributed by atoms with Crippen molar-refractivity contribution in [3.05, 3.63) is 71.7 Å². The number of aryl methyl sites for hydroxylation is 1. The van der Waals surface area contributed by atoms with Gasteiger partial charge in [-0.2, -0.15) is 0 Å². The van der Waals surface area contributed by atoms with Crippen LogP contribution in [0.2, 0.25) is 0 Å². The first-order valence-corrected chi connectivity index (χ1v) is 15.3. The van der Waals surface area contributed by atoms with Gasteiger partial charge in [-0.3, -0.25) is 4.79 Å². The van der Waals surface area contributed by atoms with Crippen molar-refractivity contribution >= 4 is 48.5 Å². The molecule has 3 aromatic carbocycles. The van der Waals surface area contributed by atoms with E-state index in [0.717, 1.165) is 27.9 Å². The maximum atomic E-state index is 13.1. The Labute approximate surface area is 246 Å². The minimum absolute atomic E-state index is 0.0197. The Hall–Kier alpha value is -4.20. The summed E-state index contributed by atoms with van der Waals surface area (Å²) in [6, 6.07) is 11.7. The molecule has 1 N–H and O–H groups in total. The molecule has 0 aliphatic carbocycles. The van der Waals surface area contributed by atoms with Crippen LogP contribution < -0.4 is 14.2 Å². The maximum Gasteiger partial charge on any atom is 0.253 e. The van der Waals surface area contributed by atoms with E-state index in [2.05, 4.69) is 14.7 Å². The van der Waals surface area contributed by atoms with E-state index in [-0.39, 0.29) is 24.0 Å². The largest absolute Gasteiger partial charge is 0.492 e. The second kappa shape index (κ2) is 12.0. The van der Waals surface area contributed by atoms with Crippen LogP contribution in [0.15, 0.2) is 59.6 Å². The second-order valence-electron chi connectivity index (χ2n) is 9.54. The highest BCUT2D eigenvalue weighted by atomic mass is 32.2. The summed E-state index contributed by atoms with van der Waals surface area (Å²) in [6.45, 7) is 4.30. The molecule has 1 amide bonds. The zero-order valence-electron chi connectivity index (χ0n) is 23.3.